The second-order valence-electron chi connectivity index (χ2n) is 5.01. The molecule has 2 aliphatic rings. The third-order valence-electron chi connectivity index (χ3n) is 3.45. The van der Waals surface area contributed by atoms with Gasteiger partial charge in [0.25, 0.3) is 5.91 Å². The first kappa shape index (κ1) is 13.2. The van der Waals surface area contributed by atoms with Gasteiger partial charge in [-0.1, -0.05) is 24.3 Å². The van der Waals surface area contributed by atoms with Crippen LogP contribution in [0.15, 0.2) is 47.1 Å². The van der Waals surface area contributed by atoms with E-state index in [9.17, 15) is 19.8 Å². The predicted octanol–water partition coefficient (Wildman–Crippen LogP) is 1.78. The minimum absolute atomic E-state index is 0.170. The molecule has 0 spiro atoms. The number of aromatic hydroxyl groups is 2. The Hall–Kier alpha value is -2.82. The first-order chi connectivity index (χ1) is 10.0. The number of nitrogens with one attached hydrogen (secondary N) is 1. The van der Waals surface area contributed by atoms with Crippen molar-refractivity contribution >= 4 is 17.9 Å². The molecule has 1 aromatic carbocycles. The number of carbonyl (C=O) groups excluding carboxylic acids is 2. The molecule has 2 amide bonds. The number of fused-ring (bicyclic) bond motifs is 1. The normalized spacial score (nSPS) is 19.7. The fraction of sp³-hybridized carbons (Fsp3) is 0.125. The molecular weight excluding hydrogens is 270 g/mol. The van der Waals surface area contributed by atoms with Gasteiger partial charge in [-0.05, 0) is 35.3 Å². The topological polar surface area (TPSA) is 86.6 Å². The van der Waals surface area contributed by atoms with E-state index < -0.39 is 0 Å². The van der Waals surface area contributed by atoms with Crippen molar-refractivity contribution in [3.05, 3.63) is 52.6 Å². The molecule has 0 radical (unpaired) electrons. The van der Waals surface area contributed by atoms with Crippen molar-refractivity contribution in [2.45, 2.75) is 12.8 Å². The van der Waals surface area contributed by atoms with Crippen LogP contribution in [0.3, 0.4) is 0 Å². The number of imide groups is 1. The Balaban J connectivity index is 1.92. The molecule has 1 saturated heterocycles. The van der Waals surface area contributed by atoms with Gasteiger partial charge in [-0.2, -0.15) is 0 Å². The molecule has 3 rings (SSSR count). The number of allylic oxidation sites excluding steroid dienone is 3. The maximum absolute atomic E-state index is 11.7. The number of rotatable bonds is 1. The number of phenolic OH excluding ortho intramolecular Hbond substituents is 2. The summed E-state index contributed by atoms with van der Waals surface area (Å²) in [7, 11) is 0. The number of hydrogen-bond donors (Lipinski definition) is 3. The summed E-state index contributed by atoms with van der Waals surface area (Å²) >= 11 is 0. The molecular formula is C16H13NO4. The van der Waals surface area contributed by atoms with Crippen LogP contribution < -0.4 is 5.32 Å². The summed E-state index contributed by atoms with van der Waals surface area (Å²) in [6, 6.07) is 4.55. The highest BCUT2D eigenvalue weighted by Gasteiger charge is 2.26. The summed E-state index contributed by atoms with van der Waals surface area (Å²) in [5.74, 6) is -1.00. The second-order valence-corrected chi connectivity index (χ2v) is 5.01. The van der Waals surface area contributed by atoms with Gasteiger partial charge in [0, 0.05) is 5.57 Å². The predicted molar refractivity (Wildman–Crippen MR) is 76.3 cm³/mol. The molecule has 106 valence electrons. The largest absolute Gasteiger partial charge is 0.504 e. The lowest BCUT2D eigenvalue weighted by molar-refractivity contribution is -0.129. The maximum atomic E-state index is 11.7. The second kappa shape index (κ2) is 4.94. The summed E-state index contributed by atoms with van der Waals surface area (Å²) in [6.45, 7) is 0. The molecule has 1 aromatic rings. The van der Waals surface area contributed by atoms with E-state index in [0.29, 0.717) is 17.6 Å². The Morgan fingerprint density at radius 3 is 2.71 bits per heavy atom. The third kappa shape index (κ3) is 2.58. The van der Waals surface area contributed by atoms with Crippen molar-refractivity contribution in [2.24, 2.45) is 0 Å². The average Bonchev–Trinajstić information content (AvgIpc) is 2.42. The summed E-state index contributed by atoms with van der Waals surface area (Å²) in [6.07, 6.45) is 6.23. The Kier molecular flexibility index (Phi) is 3.10. The lowest BCUT2D eigenvalue weighted by atomic mass is 9.88. The van der Waals surface area contributed by atoms with Crippen LogP contribution in [-0.2, 0) is 9.59 Å². The van der Waals surface area contributed by atoms with Gasteiger partial charge in [0.2, 0.25) is 5.91 Å². The molecule has 0 saturated carbocycles. The van der Waals surface area contributed by atoms with Crippen LogP contribution in [0.25, 0.3) is 6.08 Å². The lowest BCUT2D eigenvalue weighted by Gasteiger charge is -2.21. The molecule has 1 fully saturated rings. The van der Waals surface area contributed by atoms with Crippen LogP contribution in [0.5, 0.6) is 11.5 Å². The van der Waals surface area contributed by atoms with Crippen molar-refractivity contribution in [2.75, 3.05) is 0 Å². The first-order valence-corrected chi connectivity index (χ1v) is 6.51. The minimum Gasteiger partial charge on any atom is -0.504 e. The van der Waals surface area contributed by atoms with E-state index in [0.717, 1.165) is 11.1 Å². The molecule has 0 unspecified atom stereocenters. The Labute approximate surface area is 120 Å². The third-order valence-corrected chi connectivity index (χ3v) is 3.45. The highest BCUT2D eigenvalue weighted by Crippen LogP contribution is 2.30. The van der Waals surface area contributed by atoms with Crippen LogP contribution in [0.1, 0.15) is 18.4 Å². The van der Waals surface area contributed by atoms with Crippen LogP contribution in [0, 0.1) is 0 Å². The summed E-state index contributed by atoms with van der Waals surface area (Å²) < 4.78 is 0. The first-order valence-electron chi connectivity index (χ1n) is 6.51. The zero-order valence-electron chi connectivity index (χ0n) is 11.1. The van der Waals surface area contributed by atoms with E-state index in [-0.39, 0.29) is 29.7 Å². The number of piperidine rings is 1. The van der Waals surface area contributed by atoms with Crippen LogP contribution in [0.2, 0.25) is 0 Å². The molecule has 1 aliphatic carbocycles. The van der Waals surface area contributed by atoms with Gasteiger partial charge >= 0.3 is 0 Å². The smallest absolute Gasteiger partial charge is 0.257 e. The van der Waals surface area contributed by atoms with Gasteiger partial charge in [-0.25, -0.2) is 0 Å². The van der Waals surface area contributed by atoms with Crippen molar-refractivity contribution < 1.29 is 19.8 Å². The van der Waals surface area contributed by atoms with Crippen molar-refractivity contribution in [1.29, 1.82) is 0 Å². The van der Waals surface area contributed by atoms with E-state index in [4.69, 9.17) is 0 Å². The van der Waals surface area contributed by atoms with Gasteiger partial charge in [-0.3, -0.25) is 14.9 Å². The number of carbonyl (C=O) groups is 2. The average molecular weight is 283 g/mol. The Bertz CT molecular complexity index is 741. The zero-order chi connectivity index (χ0) is 15.0. The van der Waals surface area contributed by atoms with Crippen molar-refractivity contribution in [1.82, 2.24) is 5.32 Å². The number of benzene rings is 1. The summed E-state index contributed by atoms with van der Waals surface area (Å²) in [5, 5.41) is 21.1. The highest BCUT2D eigenvalue weighted by atomic mass is 16.3. The molecule has 5 heteroatoms. The molecule has 5 nitrogen and oxygen atoms in total. The molecule has 21 heavy (non-hydrogen) atoms. The van der Waals surface area contributed by atoms with E-state index in [2.05, 4.69) is 5.32 Å². The Morgan fingerprint density at radius 2 is 1.95 bits per heavy atom. The van der Waals surface area contributed by atoms with Crippen LogP contribution in [0.4, 0.5) is 0 Å². The molecule has 3 N–H and O–H groups in total. The van der Waals surface area contributed by atoms with E-state index in [1.165, 1.54) is 12.1 Å². The molecule has 0 atom stereocenters. The van der Waals surface area contributed by atoms with Crippen LogP contribution in [-0.4, -0.2) is 22.0 Å². The van der Waals surface area contributed by atoms with E-state index >= 15 is 0 Å². The Morgan fingerprint density at radius 1 is 1.14 bits per heavy atom. The standard InChI is InChI=1S/C16H13NO4/c18-13-4-2-10(7-14(13)19)5-9-1-3-12-11(6-9)8-15(20)17-16(12)21/h2-7,18-19H,1,8H2,(H,17,20,21). The number of phenols is 2. The van der Waals surface area contributed by atoms with Gasteiger partial charge in [0.15, 0.2) is 11.5 Å². The van der Waals surface area contributed by atoms with E-state index in [1.54, 1.807) is 12.1 Å². The monoisotopic (exact) mass is 283 g/mol. The summed E-state index contributed by atoms with van der Waals surface area (Å²) in [4.78, 5) is 23.1. The van der Waals surface area contributed by atoms with Gasteiger partial charge in [0.1, 0.15) is 0 Å². The van der Waals surface area contributed by atoms with Gasteiger partial charge in [-0.15, -0.1) is 0 Å². The molecule has 0 bridgehead atoms. The van der Waals surface area contributed by atoms with Crippen LogP contribution >= 0.6 is 0 Å². The fourth-order valence-electron chi connectivity index (χ4n) is 2.45. The maximum Gasteiger partial charge on any atom is 0.257 e. The lowest BCUT2D eigenvalue weighted by Crippen LogP contribution is -2.37. The quantitative estimate of drug-likeness (QED) is 0.541. The minimum atomic E-state index is -0.348. The van der Waals surface area contributed by atoms with Gasteiger partial charge in [0.05, 0.1) is 6.42 Å². The van der Waals surface area contributed by atoms with Gasteiger partial charge < -0.3 is 10.2 Å². The number of amides is 2. The van der Waals surface area contributed by atoms with Crippen molar-refractivity contribution in [3.8, 4) is 11.5 Å². The zero-order valence-corrected chi connectivity index (χ0v) is 11.1. The molecule has 0 aromatic heterocycles. The van der Waals surface area contributed by atoms with Crippen molar-refractivity contribution in [3.63, 3.8) is 0 Å². The van der Waals surface area contributed by atoms with E-state index in [1.807, 2.05) is 12.2 Å². The molecule has 1 heterocycles. The highest BCUT2D eigenvalue weighted by molar-refractivity contribution is 6.12. The SMILES string of the molecule is O=C1CC2=CC(=Cc3ccc(O)c(O)c3)CC=C2C(=O)N1. The fourth-order valence-corrected chi connectivity index (χ4v) is 2.45. The molecule has 1 aliphatic heterocycles. The number of hydrogen-bond acceptors (Lipinski definition) is 4. The summed E-state index contributed by atoms with van der Waals surface area (Å²) in [5.41, 5.74) is 2.94.